The third-order valence-corrected chi connectivity index (χ3v) is 4.13. The minimum atomic E-state index is -0.141. The van der Waals surface area contributed by atoms with Crippen LogP contribution in [0.4, 0.5) is 5.69 Å². The molecule has 1 amide bonds. The second kappa shape index (κ2) is 6.71. The first kappa shape index (κ1) is 16.0. The number of halogens is 2. The maximum absolute atomic E-state index is 12.4. The van der Waals surface area contributed by atoms with Crippen molar-refractivity contribution in [3.8, 4) is 0 Å². The zero-order valence-electron chi connectivity index (χ0n) is 12.4. The summed E-state index contributed by atoms with van der Waals surface area (Å²) in [6.07, 6.45) is 0. The first-order chi connectivity index (χ1) is 11.1. The third-order valence-electron chi connectivity index (χ3n) is 3.57. The number of anilines is 1. The van der Waals surface area contributed by atoms with Crippen molar-refractivity contribution in [1.82, 2.24) is 0 Å². The summed E-state index contributed by atoms with van der Waals surface area (Å²) in [6.45, 7) is 0.176. The van der Waals surface area contributed by atoms with E-state index in [0.717, 1.165) is 11.1 Å². The number of nitrogens with zero attached hydrogens (tertiary/aromatic N) is 2. The molecule has 4 nitrogen and oxygen atoms in total. The maximum atomic E-state index is 12.4. The molecule has 0 saturated heterocycles. The van der Waals surface area contributed by atoms with Gasteiger partial charge in [0.25, 0.3) is 5.91 Å². The summed E-state index contributed by atoms with van der Waals surface area (Å²) in [5, 5.41) is 1.14. The normalized spacial score (nSPS) is 14.3. The van der Waals surface area contributed by atoms with Gasteiger partial charge in [0.2, 0.25) is 0 Å². The molecule has 0 N–H and O–H groups in total. The Morgan fingerprint density at radius 2 is 1.96 bits per heavy atom. The Balaban J connectivity index is 2.22. The standard InChI is InChI=1S/C17H14Cl2N2O2/c1-23-10-21-15-7-6-11(18)8-13(15)17(20-9-16(21)22)12-4-2-3-5-14(12)19/h2-8H,9-10H2,1H3. The fourth-order valence-corrected chi connectivity index (χ4v) is 2.94. The first-order valence-electron chi connectivity index (χ1n) is 7.00. The highest BCUT2D eigenvalue weighted by molar-refractivity contribution is 6.36. The van der Waals surface area contributed by atoms with Gasteiger partial charge in [-0.25, -0.2) is 0 Å². The van der Waals surface area contributed by atoms with Gasteiger partial charge in [-0.05, 0) is 24.3 Å². The Labute approximate surface area is 144 Å². The predicted molar refractivity (Wildman–Crippen MR) is 92.8 cm³/mol. The number of hydrogen-bond donors (Lipinski definition) is 0. The summed E-state index contributed by atoms with van der Waals surface area (Å²) in [5.74, 6) is -0.141. The molecule has 0 radical (unpaired) electrons. The Hall–Kier alpha value is -1.88. The van der Waals surface area contributed by atoms with Crippen molar-refractivity contribution in [2.24, 2.45) is 4.99 Å². The average molecular weight is 349 g/mol. The molecule has 0 unspecified atom stereocenters. The average Bonchev–Trinajstić information content (AvgIpc) is 2.66. The molecule has 1 aliphatic rings. The lowest BCUT2D eigenvalue weighted by Gasteiger charge is -2.22. The van der Waals surface area contributed by atoms with E-state index in [9.17, 15) is 4.79 Å². The summed E-state index contributed by atoms with van der Waals surface area (Å²) in [7, 11) is 1.55. The van der Waals surface area contributed by atoms with Gasteiger partial charge in [0, 0.05) is 28.3 Å². The predicted octanol–water partition coefficient (Wildman–Crippen LogP) is 3.78. The van der Waals surface area contributed by atoms with Crippen molar-refractivity contribution < 1.29 is 9.53 Å². The van der Waals surface area contributed by atoms with Crippen LogP contribution in [0.25, 0.3) is 0 Å². The van der Waals surface area contributed by atoms with Crippen LogP contribution in [-0.4, -0.2) is 32.0 Å². The number of amides is 1. The molecule has 2 aromatic carbocycles. The first-order valence-corrected chi connectivity index (χ1v) is 7.76. The Bertz CT molecular complexity index is 790. The monoisotopic (exact) mass is 348 g/mol. The van der Waals surface area contributed by atoms with E-state index in [2.05, 4.69) is 4.99 Å². The van der Waals surface area contributed by atoms with E-state index >= 15 is 0 Å². The van der Waals surface area contributed by atoms with Crippen molar-refractivity contribution in [3.05, 3.63) is 63.6 Å². The lowest BCUT2D eigenvalue weighted by Crippen LogP contribution is -2.34. The number of ether oxygens (including phenoxy) is 1. The van der Waals surface area contributed by atoms with Crippen LogP contribution in [0.1, 0.15) is 11.1 Å². The van der Waals surface area contributed by atoms with E-state index in [4.69, 9.17) is 27.9 Å². The second-order valence-corrected chi connectivity index (χ2v) is 5.89. The summed E-state index contributed by atoms with van der Waals surface area (Å²) in [4.78, 5) is 18.4. The fraction of sp³-hybridized carbons (Fsp3) is 0.176. The van der Waals surface area contributed by atoms with Crippen molar-refractivity contribution in [3.63, 3.8) is 0 Å². The van der Waals surface area contributed by atoms with Crippen LogP contribution < -0.4 is 4.90 Å². The van der Waals surface area contributed by atoms with Gasteiger partial charge in [-0.3, -0.25) is 14.7 Å². The van der Waals surface area contributed by atoms with Crippen molar-refractivity contribution in [2.75, 3.05) is 25.3 Å². The molecule has 0 atom stereocenters. The van der Waals surface area contributed by atoms with E-state index in [1.165, 1.54) is 0 Å². The number of benzodiazepines with no additional fused rings is 1. The van der Waals surface area contributed by atoms with Crippen LogP contribution in [0.2, 0.25) is 10.0 Å². The van der Waals surface area contributed by atoms with Crippen molar-refractivity contribution in [1.29, 1.82) is 0 Å². The number of carbonyl (C=O) groups is 1. The molecule has 3 rings (SSSR count). The number of hydrogen-bond acceptors (Lipinski definition) is 3. The van der Waals surface area contributed by atoms with Crippen LogP contribution in [0.3, 0.4) is 0 Å². The number of carbonyl (C=O) groups excluding carboxylic acids is 1. The Morgan fingerprint density at radius 1 is 1.17 bits per heavy atom. The van der Waals surface area contributed by atoms with Gasteiger partial charge in [0.05, 0.1) is 11.4 Å². The molecule has 118 valence electrons. The molecule has 0 aromatic heterocycles. The molecule has 1 aliphatic heterocycles. The number of rotatable bonds is 3. The zero-order valence-corrected chi connectivity index (χ0v) is 13.9. The Kier molecular flexibility index (Phi) is 4.66. The van der Waals surface area contributed by atoms with Crippen molar-refractivity contribution in [2.45, 2.75) is 0 Å². The van der Waals surface area contributed by atoms with Gasteiger partial charge >= 0.3 is 0 Å². The summed E-state index contributed by atoms with van der Waals surface area (Å²) >= 11 is 12.5. The van der Waals surface area contributed by atoms with Crippen molar-refractivity contribution >= 4 is 40.5 Å². The molecule has 23 heavy (non-hydrogen) atoms. The summed E-state index contributed by atoms with van der Waals surface area (Å²) in [6, 6.07) is 12.7. The summed E-state index contributed by atoms with van der Waals surface area (Å²) < 4.78 is 5.15. The lowest BCUT2D eigenvalue weighted by molar-refractivity contribution is -0.118. The van der Waals surface area contributed by atoms with Crippen LogP contribution >= 0.6 is 23.2 Å². The van der Waals surface area contributed by atoms with E-state index in [-0.39, 0.29) is 19.2 Å². The van der Waals surface area contributed by atoms with Crippen LogP contribution in [0, 0.1) is 0 Å². The molecule has 6 heteroatoms. The zero-order chi connectivity index (χ0) is 16.4. The lowest BCUT2D eigenvalue weighted by atomic mass is 10.00. The highest BCUT2D eigenvalue weighted by atomic mass is 35.5. The molecular weight excluding hydrogens is 335 g/mol. The highest BCUT2D eigenvalue weighted by Gasteiger charge is 2.26. The van der Waals surface area contributed by atoms with Gasteiger partial charge in [0.1, 0.15) is 13.3 Å². The molecule has 0 spiro atoms. The van der Waals surface area contributed by atoms with Gasteiger partial charge < -0.3 is 4.74 Å². The minimum absolute atomic E-state index is 0.0240. The largest absolute Gasteiger partial charge is 0.364 e. The number of benzene rings is 2. The van der Waals surface area contributed by atoms with Gasteiger partial charge in [0.15, 0.2) is 0 Å². The third kappa shape index (κ3) is 3.11. The van der Waals surface area contributed by atoms with E-state index in [1.54, 1.807) is 36.3 Å². The number of fused-ring (bicyclic) bond motifs is 1. The SMILES string of the molecule is COCN1C(=O)CN=C(c2ccccc2Cl)c2cc(Cl)ccc21. The molecule has 2 aromatic rings. The van der Waals surface area contributed by atoms with Gasteiger partial charge in [-0.1, -0.05) is 41.4 Å². The quantitative estimate of drug-likeness (QED) is 0.846. The molecule has 0 fully saturated rings. The van der Waals surface area contributed by atoms with Gasteiger partial charge in [-0.15, -0.1) is 0 Å². The smallest absolute Gasteiger partial charge is 0.250 e. The van der Waals surface area contributed by atoms with Crippen LogP contribution in [-0.2, 0) is 9.53 Å². The van der Waals surface area contributed by atoms with E-state index in [1.807, 2.05) is 18.2 Å². The van der Waals surface area contributed by atoms with Crippen LogP contribution in [0.5, 0.6) is 0 Å². The molecule has 0 saturated carbocycles. The second-order valence-electron chi connectivity index (χ2n) is 5.05. The minimum Gasteiger partial charge on any atom is -0.364 e. The number of methoxy groups -OCH3 is 1. The molecule has 0 bridgehead atoms. The maximum Gasteiger partial charge on any atom is 0.250 e. The fourth-order valence-electron chi connectivity index (χ4n) is 2.54. The summed E-state index contributed by atoms with van der Waals surface area (Å²) in [5.41, 5.74) is 2.88. The molecular formula is C17H14Cl2N2O2. The van der Waals surface area contributed by atoms with Crippen LogP contribution in [0.15, 0.2) is 47.5 Å². The number of aliphatic imine (C=N–C) groups is 1. The molecule has 1 heterocycles. The van der Waals surface area contributed by atoms with Gasteiger partial charge in [-0.2, -0.15) is 0 Å². The highest BCUT2D eigenvalue weighted by Crippen LogP contribution is 2.31. The topological polar surface area (TPSA) is 41.9 Å². The molecule has 0 aliphatic carbocycles. The van der Waals surface area contributed by atoms with E-state index in [0.29, 0.717) is 21.4 Å². The Morgan fingerprint density at radius 3 is 2.70 bits per heavy atom. The van der Waals surface area contributed by atoms with E-state index < -0.39 is 0 Å².